The molecule has 0 amide bonds. The van der Waals surface area contributed by atoms with Gasteiger partial charge >= 0.3 is 0 Å². The van der Waals surface area contributed by atoms with Gasteiger partial charge < -0.3 is 4.74 Å². The first kappa shape index (κ1) is 16.0. The zero-order chi connectivity index (χ0) is 15.3. The van der Waals surface area contributed by atoms with Crippen molar-refractivity contribution in [2.45, 2.75) is 11.8 Å². The van der Waals surface area contributed by atoms with Crippen LogP contribution in [-0.4, -0.2) is 21.6 Å². The van der Waals surface area contributed by atoms with Crippen LogP contribution in [0.2, 0.25) is 0 Å². The van der Waals surface area contributed by atoms with E-state index < -0.39 is 10.0 Å². The molecule has 0 radical (unpaired) electrons. The molecule has 0 unspecified atom stereocenters. The number of aryl methyl sites for hydroxylation is 1. The summed E-state index contributed by atoms with van der Waals surface area (Å²) in [6.07, 6.45) is 0. The van der Waals surface area contributed by atoms with E-state index in [-0.39, 0.29) is 18.0 Å². The van der Waals surface area contributed by atoms with E-state index in [0.717, 1.165) is 15.8 Å². The minimum absolute atomic E-state index is 0.215. The molecular formula is C15H16BrNO3S. The van der Waals surface area contributed by atoms with Crippen LogP contribution in [0.25, 0.3) is 0 Å². The number of hydrogen-bond donors (Lipinski definition) is 1. The van der Waals surface area contributed by atoms with Crippen molar-refractivity contribution in [3.05, 3.63) is 58.6 Å². The standard InChI is InChI=1S/C15H16BrNO3S/c1-12-2-6-14(7-3-12)20-11-10-17-21(18,19)15-8-4-13(16)5-9-15/h2-9,17H,10-11H2,1H3. The summed E-state index contributed by atoms with van der Waals surface area (Å²) in [5, 5.41) is 0. The number of hydrogen-bond acceptors (Lipinski definition) is 3. The molecule has 2 aromatic carbocycles. The average molecular weight is 370 g/mol. The topological polar surface area (TPSA) is 55.4 Å². The Bertz CT molecular complexity index is 682. The summed E-state index contributed by atoms with van der Waals surface area (Å²) in [4.78, 5) is 0.237. The van der Waals surface area contributed by atoms with Gasteiger partial charge in [0.15, 0.2) is 0 Å². The molecule has 4 nitrogen and oxygen atoms in total. The number of ether oxygens (including phenoxy) is 1. The molecule has 0 saturated carbocycles. The fraction of sp³-hybridized carbons (Fsp3) is 0.200. The van der Waals surface area contributed by atoms with Gasteiger partial charge in [-0.15, -0.1) is 0 Å². The van der Waals surface area contributed by atoms with Gasteiger partial charge in [0.25, 0.3) is 0 Å². The van der Waals surface area contributed by atoms with E-state index in [9.17, 15) is 8.42 Å². The van der Waals surface area contributed by atoms with Gasteiger partial charge in [0.1, 0.15) is 12.4 Å². The van der Waals surface area contributed by atoms with E-state index in [1.54, 1.807) is 24.3 Å². The first-order chi connectivity index (χ1) is 9.97. The van der Waals surface area contributed by atoms with Crippen molar-refractivity contribution in [2.75, 3.05) is 13.2 Å². The Kier molecular flexibility index (Phi) is 5.39. The zero-order valence-electron chi connectivity index (χ0n) is 11.5. The lowest BCUT2D eigenvalue weighted by Crippen LogP contribution is -2.28. The van der Waals surface area contributed by atoms with Crippen molar-refractivity contribution in [1.82, 2.24) is 4.72 Å². The summed E-state index contributed by atoms with van der Waals surface area (Å²) < 4.78 is 32.9. The molecule has 0 aliphatic carbocycles. The van der Waals surface area contributed by atoms with Crippen molar-refractivity contribution in [1.29, 1.82) is 0 Å². The van der Waals surface area contributed by atoms with E-state index in [0.29, 0.717) is 0 Å². The fourth-order valence-corrected chi connectivity index (χ4v) is 2.95. The van der Waals surface area contributed by atoms with Crippen molar-refractivity contribution >= 4 is 26.0 Å². The summed E-state index contributed by atoms with van der Waals surface area (Å²) in [5.74, 6) is 0.725. The largest absolute Gasteiger partial charge is 0.492 e. The van der Waals surface area contributed by atoms with Gasteiger partial charge in [-0.25, -0.2) is 13.1 Å². The predicted octanol–water partition coefficient (Wildman–Crippen LogP) is 3.11. The monoisotopic (exact) mass is 369 g/mol. The Morgan fingerprint density at radius 3 is 2.29 bits per heavy atom. The fourth-order valence-electron chi connectivity index (χ4n) is 1.68. The van der Waals surface area contributed by atoms with Crippen LogP contribution in [0.1, 0.15) is 5.56 Å². The van der Waals surface area contributed by atoms with E-state index in [1.807, 2.05) is 31.2 Å². The highest BCUT2D eigenvalue weighted by Crippen LogP contribution is 2.14. The van der Waals surface area contributed by atoms with Crippen LogP contribution in [-0.2, 0) is 10.0 Å². The number of halogens is 1. The van der Waals surface area contributed by atoms with Gasteiger partial charge in [-0.1, -0.05) is 33.6 Å². The number of nitrogens with one attached hydrogen (secondary N) is 1. The van der Waals surface area contributed by atoms with Crippen molar-refractivity contribution in [3.63, 3.8) is 0 Å². The predicted molar refractivity (Wildman–Crippen MR) is 86.0 cm³/mol. The Morgan fingerprint density at radius 1 is 1.05 bits per heavy atom. The third-order valence-corrected chi connectivity index (χ3v) is 4.81. The third kappa shape index (κ3) is 4.84. The number of sulfonamides is 1. The Labute approximate surface area is 133 Å². The molecule has 1 N–H and O–H groups in total. The summed E-state index contributed by atoms with van der Waals surface area (Å²) in [7, 11) is -3.49. The van der Waals surface area contributed by atoms with E-state index in [1.165, 1.54) is 0 Å². The van der Waals surface area contributed by atoms with Crippen LogP contribution in [0.3, 0.4) is 0 Å². The van der Waals surface area contributed by atoms with Gasteiger partial charge in [-0.3, -0.25) is 0 Å². The third-order valence-electron chi connectivity index (χ3n) is 2.81. The quantitative estimate of drug-likeness (QED) is 0.795. The molecule has 0 atom stereocenters. The Balaban J connectivity index is 1.85. The zero-order valence-corrected chi connectivity index (χ0v) is 13.9. The van der Waals surface area contributed by atoms with Crippen LogP contribution in [0.4, 0.5) is 0 Å². The smallest absolute Gasteiger partial charge is 0.240 e. The van der Waals surface area contributed by atoms with E-state index in [2.05, 4.69) is 20.7 Å². The lowest BCUT2D eigenvalue weighted by Gasteiger charge is -2.09. The number of rotatable bonds is 6. The molecule has 0 aromatic heterocycles. The molecule has 0 aliphatic rings. The maximum absolute atomic E-state index is 12.0. The maximum atomic E-state index is 12.0. The van der Waals surface area contributed by atoms with Gasteiger partial charge in [0.05, 0.1) is 4.90 Å². The minimum atomic E-state index is -3.49. The van der Waals surface area contributed by atoms with Crippen LogP contribution < -0.4 is 9.46 Å². The molecule has 2 rings (SSSR count). The van der Waals surface area contributed by atoms with Gasteiger partial charge in [0, 0.05) is 11.0 Å². The molecule has 0 spiro atoms. The second-order valence-corrected chi connectivity index (χ2v) is 7.20. The van der Waals surface area contributed by atoms with E-state index >= 15 is 0 Å². The molecule has 6 heteroatoms. The van der Waals surface area contributed by atoms with Crippen LogP contribution >= 0.6 is 15.9 Å². The highest BCUT2D eigenvalue weighted by Gasteiger charge is 2.12. The van der Waals surface area contributed by atoms with Gasteiger partial charge in [-0.05, 0) is 43.3 Å². The molecule has 2 aromatic rings. The molecule has 0 fully saturated rings. The summed E-state index contributed by atoms with van der Waals surface area (Å²) in [6.45, 7) is 2.49. The first-order valence-electron chi connectivity index (χ1n) is 6.42. The summed E-state index contributed by atoms with van der Waals surface area (Å²) in [5.41, 5.74) is 1.15. The van der Waals surface area contributed by atoms with Gasteiger partial charge in [0.2, 0.25) is 10.0 Å². The second kappa shape index (κ2) is 7.06. The van der Waals surface area contributed by atoms with Crippen LogP contribution in [0.5, 0.6) is 5.75 Å². The summed E-state index contributed by atoms with van der Waals surface area (Å²) in [6, 6.07) is 14.1. The lowest BCUT2D eigenvalue weighted by molar-refractivity contribution is 0.323. The molecular weight excluding hydrogens is 354 g/mol. The maximum Gasteiger partial charge on any atom is 0.240 e. The molecule has 0 saturated heterocycles. The van der Waals surface area contributed by atoms with Crippen LogP contribution in [0, 0.1) is 6.92 Å². The lowest BCUT2D eigenvalue weighted by atomic mass is 10.2. The van der Waals surface area contributed by atoms with E-state index in [4.69, 9.17) is 4.74 Å². The van der Waals surface area contributed by atoms with Crippen molar-refractivity contribution < 1.29 is 13.2 Å². The summed E-state index contributed by atoms with van der Waals surface area (Å²) >= 11 is 3.27. The molecule has 0 heterocycles. The SMILES string of the molecule is Cc1ccc(OCCNS(=O)(=O)c2ccc(Br)cc2)cc1. The highest BCUT2D eigenvalue weighted by atomic mass is 79.9. The highest BCUT2D eigenvalue weighted by molar-refractivity contribution is 9.10. The molecule has 21 heavy (non-hydrogen) atoms. The van der Waals surface area contributed by atoms with Gasteiger partial charge in [-0.2, -0.15) is 0 Å². The molecule has 0 bridgehead atoms. The molecule has 112 valence electrons. The average Bonchev–Trinajstić information content (AvgIpc) is 2.46. The normalized spacial score (nSPS) is 11.3. The number of benzene rings is 2. The first-order valence-corrected chi connectivity index (χ1v) is 8.70. The second-order valence-electron chi connectivity index (χ2n) is 4.51. The van der Waals surface area contributed by atoms with Crippen LogP contribution in [0.15, 0.2) is 57.9 Å². The molecule has 0 aliphatic heterocycles. The van der Waals surface area contributed by atoms with Crippen molar-refractivity contribution in [2.24, 2.45) is 0 Å². The minimum Gasteiger partial charge on any atom is -0.492 e. The van der Waals surface area contributed by atoms with Crippen molar-refractivity contribution in [3.8, 4) is 5.75 Å². The Hall–Kier alpha value is -1.37. The Morgan fingerprint density at radius 2 is 1.67 bits per heavy atom.